The minimum absolute atomic E-state index is 0.167. The van der Waals surface area contributed by atoms with E-state index in [-0.39, 0.29) is 12.5 Å². The molecule has 0 bridgehead atoms. The van der Waals surface area contributed by atoms with Gasteiger partial charge in [-0.25, -0.2) is 13.8 Å². The first kappa shape index (κ1) is 21.1. The summed E-state index contributed by atoms with van der Waals surface area (Å²) in [5.74, 6) is -0.734. The Morgan fingerprint density at radius 3 is 2.14 bits per heavy atom. The summed E-state index contributed by atoms with van der Waals surface area (Å²) in [6.45, 7) is 2.74. The molecule has 0 radical (unpaired) electrons. The fourth-order valence-electron chi connectivity index (χ4n) is 2.37. The lowest BCUT2D eigenvalue weighted by atomic mass is 10.1. The molecule has 0 aromatic heterocycles. The Hall–Kier alpha value is -3.20. The molecule has 2 N–H and O–H groups in total. The van der Waals surface area contributed by atoms with Crippen LogP contribution in [-0.4, -0.2) is 38.7 Å². The van der Waals surface area contributed by atoms with Crippen LogP contribution in [0.2, 0.25) is 0 Å². The van der Waals surface area contributed by atoms with Crippen LogP contribution in [-0.2, 0) is 19.6 Å². The molecule has 8 nitrogen and oxygen atoms in total. The van der Waals surface area contributed by atoms with Gasteiger partial charge in [0.25, 0.3) is 5.91 Å². The first-order valence-electron chi connectivity index (χ1n) is 8.41. The van der Waals surface area contributed by atoms with Crippen LogP contribution in [0.4, 0.5) is 11.4 Å². The topological polar surface area (TPSA) is 108 Å². The minimum Gasteiger partial charge on any atom is -0.326 e. The molecule has 9 heteroatoms. The van der Waals surface area contributed by atoms with Crippen molar-refractivity contribution < 1.29 is 18.0 Å². The molecule has 2 aromatic rings. The molecule has 0 aliphatic carbocycles. The maximum atomic E-state index is 12.2. The SMILES string of the molecule is CC(=O)Nc1ccc(/C(C)=N\NC(=O)CN(c2ccccc2)S(C)(=O)=O)cc1. The van der Waals surface area contributed by atoms with Crippen molar-refractivity contribution in [1.82, 2.24) is 5.43 Å². The maximum absolute atomic E-state index is 12.2. The van der Waals surface area contributed by atoms with E-state index in [9.17, 15) is 18.0 Å². The molecule has 0 spiro atoms. The van der Waals surface area contributed by atoms with Crippen LogP contribution in [0.1, 0.15) is 19.4 Å². The van der Waals surface area contributed by atoms with E-state index < -0.39 is 15.9 Å². The molecular weight excluding hydrogens is 380 g/mol. The van der Waals surface area contributed by atoms with Gasteiger partial charge in [0.2, 0.25) is 15.9 Å². The van der Waals surface area contributed by atoms with Gasteiger partial charge in [-0.2, -0.15) is 5.10 Å². The van der Waals surface area contributed by atoms with Gasteiger partial charge in [0.15, 0.2) is 0 Å². The average Bonchev–Trinajstić information content (AvgIpc) is 2.64. The number of hydrogen-bond donors (Lipinski definition) is 2. The highest BCUT2D eigenvalue weighted by Gasteiger charge is 2.20. The molecule has 2 rings (SSSR count). The largest absolute Gasteiger partial charge is 0.326 e. The fraction of sp³-hybridized carbons (Fsp3) is 0.211. The Labute approximate surface area is 164 Å². The van der Waals surface area contributed by atoms with Crippen molar-refractivity contribution in [3.05, 3.63) is 60.2 Å². The Morgan fingerprint density at radius 1 is 1.00 bits per heavy atom. The zero-order chi connectivity index (χ0) is 20.7. The number of amides is 2. The van der Waals surface area contributed by atoms with Gasteiger partial charge < -0.3 is 5.32 Å². The van der Waals surface area contributed by atoms with E-state index >= 15 is 0 Å². The summed E-state index contributed by atoms with van der Waals surface area (Å²) in [5.41, 5.74) is 4.71. The number of carbonyl (C=O) groups excluding carboxylic acids is 2. The fourth-order valence-corrected chi connectivity index (χ4v) is 3.23. The van der Waals surface area contributed by atoms with Gasteiger partial charge >= 0.3 is 0 Å². The highest BCUT2D eigenvalue weighted by Crippen LogP contribution is 2.16. The molecule has 0 saturated heterocycles. The lowest BCUT2D eigenvalue weighted by Crippen LogP contribution is -2.39. The van der Waals surface area contributed by atoms with E-state index in [1.165, 1.54) is 6.92 Å². The van der Waals surface area contributed by atoms with Gasteiger partial charge in [0.05, 0.1) is 17.7 Å². The predicted molar refractivity (Wildman–Crippen MR) is 110 cm³/mol. The van der Waals surface area contributed by atoms with E-state index in [0.717, 1.165) is 16.1 Å². The molecule has 0 fully saturated rings. The zero-order valence-electron chi connectivity index (χ0n) is 15.8. The van der Waals surface area contributed by atoms with Gasteiger partial charge in [-0.3, -0.25) is 13.9 Å². The quantitative estimate of drug-likeness (QED) is 0.545. The smallest absolute Gasteiger partial charge is 0.260 e. The monoisotopic (exact) mass is 402 g/mol. The van der Waals surface area contributed by atoms with Gasteiger partial charge in [0, 0.05) is 12.6 Å². The number of hydrazone groups is 1. The third kappa shape index (κ3) is 6.20. The standard InChI is InChI=1S/C19H22N4O4S/c1-14(16-9-11-17(12-10-16)20-15(2)24)21-22-19(25)13-23(28(3,26)27)18-7-5-4-6-8-18/h4-12H,13H2,1-3H3,(H,20,24)(H,22,25)/b21-14-. The Morgan fingerprint density at radius 2 is 1.61 bits per heavy atom. The lowest BCUT2D eigenvalue weighted by molar-refractivity contribution is -0.119. The normalized spacial score (nSPS) is 11.6. The molecule has 2 amide bonds. The molecule has 0 unspecified atom stereocenters. The summed E-state index contributed by atoms with van der Waals surface area (Å²) < 4.78 is 25.0. The summed E-state index contributed by atoms with van der Waals surface area (Å²) in [7, 11) is -3.63. The lowest BCUT2D eigenvalue weighted by Gasteiger charge is -2.21. The van der Waals surface area contributed by atoms with Crippen LogP contribution >= 0.6 is 0 Å². The molecule has 0 heterocycles. The van der Waals surface area contributed by atoms with Crippen LogP contribution in [0.25, 0.3) is 0 Å². The predicted octanol–water partition coefficient (Wildman–Crippen LogP) is 1.95. The Bertz CT molecular complexity index is 971. The minimum atomic E-state index is -3.63. The summed E-state index contributed by atoms with van der Waals surface area (Å²) in [4.78, 5) is 23.3. The third-order valence-corrected chi connectivity index (χ3v) is 4.84. The van der Waals surface area contributed by atoms with Crippen LogP contribution in [0, 0.1) is 0 Å². The van der Waals surface area contributed by atoms with Crippen LogP contribution in [0.3, 0.4) is 0 Å². The molecule has 0 atom stereocenters. The number of para-hydroxylation sites is 1. The zero-order valence-corrected chi connectivity index (χ0v) is 16.7. The van der Waals surface area contributed by atoms with E-state index in [2.05, 4.69) is 15.8 Å². The summed E-state index contributed by atoms with van der Waals surface area (Å²) in [6.07, 6.45) is 1.04. The number of anilines is 2. The van der Waals surface area contributed by atoms with Crippen LogP contribution in [0.5, 0.6) is 0 Å². The van der Waals surface area contributed by atoms with Crippen molar-refractivity contribution in [3.8, 4) is 0 Å². The van der Waals surface area contributed by atoms with Gasteiger partial charge in [-0.1, -0.05) is 30.3 Å². The average molecular weight is 402 g/mol. The number of sulfonamides is 1. The third-order valence-electron chi connectivity index (χ3n) is 3.70. The number of rotatable bonds is 7. The second-order valence-electron chi connectivity index (χ2n) is 6.10. The van der Waals surface area contributed by atoms with E-state index in [1.54, 1.807) is 61.5 Å². The molecular formula is C19H22N4O4S. The summed E-state index contributed by atoms with van der Waals surface area (Å²) in [5, 5.41) is 6.68. The molecule has 28 heavy (non-hydrogen) atoms. The molecule has 0 aliphatic heterocycles. The Kier molecular flexibility index (Phi) is 6.89. The summed E-state index contributed by atoms with van der Waals surface area (Å²) >= 11 is 0. The van der Waals surface area contributed by atoms with Crippen molar-refractivity contribution >= 4 is 38.9 Å². The Balaban J connectivity index is 2.06. The molecule has 148 valence electrons. The number of benzene rings is 2. The van der Waals surface area contributed by atoms with Crippen molar-refractivity contribution in [3.63, 3.8) is 0 Å². The molecule has 0 aliphatic rings. The highest BCUT2D eigenvalue weighted by molar-refractivity contribution is 7.92. The van der Waals surface area contributed by atoms with Crippen molar-refractivity contribution in [1.29, 1.82) is 0 Å². The van der Waals surface area contributed by atoms with Gasteiger partial charge in [-0.15, -0.1) is 0 Å². The summed E-state index contributed by atoms with van der Waals surface area (Å²) in [6, 6.07) is 15.3. The van der Waals surface area contributed by atoms with Gasteiger partial charge in [-0.05, 0) is 36.8 Å². The molecule has 0 saturated carbocycles. The van der Waals surface area contributed by atoms with E-state index in [4.69, 9.17) is 0 Å². The van der Waals surface area contributed by atoms with Crippen LogP contribution in [0.15, 0.2) is 59.7 Å². The van der Waals surface area contributed by atoms with E-state index in [0.29, 0.717) is 17.1 Å². The number of carbonyl (C=O) groups is 2. The molecule has 2 aromatic carbocycles. The highest BCUT2D eigenvalue weighted by atomic mass is 32.2. The number of nitrogens with zero attached hydrogens (tertiary/aromatic N) is 2. The van der Waals surface area contributed by atoms with Crippen molar-refractivity contribution in [2.75, 3.05) is 22.4 Å². The first-order chi connectivity index (χ1) is 13.2. The number of hydrogen-bond acceptors (Lipinski definition) is 5. The maximum Gasteiger partial charge on any atom is 0.260 e. The second kappa shape index (κ2) is 9.14. The van der Waals surface area contributed by atoms with Crippen molar-refractivity contribution in [2.24, 2.45) is 5.10 Å². The second-order valence-corrected chi connectivity index (χ2v) is 8.00. The first-order valence-corrected chi connectivity index (χ1v) is 10.3. The van der Waals surface area contributed by atoms with Crippen molar-refractivity contribution in [2.45, 2.75) is 13.8 Å². The van der Waals surface area contributed by atoms with E-state index in [1.807, 2.05) is 0 Å². The number of nitrogens with one attached hydrogen (secondary N) is 2. The van der Waals surface area contributed by atoms with Gasteiger partial charge in [0.1, 0.15) is 6.54 Å². The van der Waals surface area contributed by atoms with Crippen LogP contribution < -0.4 is 15.0 Å².